The first kappa shape index (κ1) is 12.8. The molecule has 0 bridgehead atoms. The van der Waals surface area contributed by atoms with Crippen molar-refractivity contribution in [2.45, 2.75) is 33.1 Å². The summed E-state index contributed by atoms with van der Waals surface area (Å²) in [5.74, 6) is 2.73. The Kier molecular flexibility index (Phi) is 4.12. The number of anilines is 2. The molecule has 2 heterocycles. The summed E-state index contributed by atoms with van der Waals surface area (Å²) in [5, 5.41) is 3.30. The van der Waals surface area contributed by atoms with E-state index in [0.717, 1.165) is 43.4 Å². The molecule has 0 unspecified atom stereocenters. The number of carbonyl (C=O) groups is 1. The van der Waals surface area contributed by atoms with Gasteiger partial charge in [0.05, 0.1) is 6.54 Å². The van der Waals surface area contributed by atoms with Crippen LogP contribution in [0.1, 0.15) is 32.0 Å². The second-order valence-electron chi connectivity index (χ2n) is 4.65. The molecule has 98 valence electrons. The summed E-state index contributed by atoms with van der Waals surface area (Å²) in [7, 11) is 0. The van der Waals surface area contributed by atoms with Gasteiger partial charge >= 0.3 is 0 Å². The smallest absolute Gasteiger partial charge is 0.153 e. The van der Waals surface area contributed by atoms with Gasteiger partial charge in [-0.25, -0.2) is 9.97 Å². The summed E-state index contributed by atoms with van der Waals surface area (Å²) in [6.07, 6.45) is 2.91. The first-order chi connectivity index (χ1) is 8.69. The first-order valence-corrected chi connectivity index (χ1v) is 6.55. The number of carbonyl (C=O) groups excluding carboxylic acids is 1. The van der Waals surface area contributed by atoms with Crippen molar-refractivity contribution in [3.63, 3.8) is 0 Å². The molecular weight excluding hydrogens is 228 g/mol. The molecule has 1 saturated heterocycles. The van der Waals surface area contributed by atoms with Crippen LogP contribution in [0.3, 0.4) is 0 Å². The van der Waals surface area contributed by atoms with E-state index >= 15 is 0 Å². The van der Waals surface area contributed by atoms with E-state index in [1.165, 1.54) is 0 Å². The van der Waals surface area contributed by atoms with Crippen LogP contribution in [-0.4, -0.2) is 35.4 Å². The Balaban J connectivity index is 2.08. The van der Waals surface area contributed by atoms with Gasteiger partial charge in [0.1, 0.15) is 17.5 Å². The number of ketones is 1. The van der Waals surface area contributed by atoms with Crippen molar-refractivity contribution < 1.29 is 4.79 Å². The summed E-state index contributed by atoms with van der Waals surface area (Å²) in [5.41, 5.74) is 0. The third kappa shape index (κ3) is 3.18. The van der Waals surface area contributed by atoms with Crippen molar-refractivity contribution >= 4 is 17.4 Å². The highest BCUT2D eigenvalue weighted by Crippen LogP contribution is 2.19. The summed E-state index contributed by atoms with van der Waals surface area (Å²) in [6.45, 7) is 6.21. The molecule has 0 amide bonds. The number of nitrogens with one attached hydrogen (secondary N) is 1. The molecule has 0 aliphatic carbocycles. The van der Waals surface area contributed by atoms with Gasteiger partial charge in [-0.2, -0.15) is 0 Å². The van der Waals surface area contributed by atoms with E-state index in [0.29, 0.717) is 13.0 Å². The highest BCUT2D eigenvalue weighted by Gasteiger charge is 2.21. The van der Waals surface area contributed by atoms with Crippen molar-refractivity contribution in [2.75, 3.05) is 29.9 Å². The van der Waals surface area contributed by atoms with E-state index in [4.69, 9.17) is 0 Å². The molecule has 1 N–H and O–H groups in total. The molecular formula is C13H20N4O. The lowest BCUT2D eigenvalue weighted by Gasteiger charge is -2.17. The third-order valence-corrected chi connectivity index (χ3v) is 3.01. The van der Waals surface area contributed by atoms with Crippen LogP contribution in [0.4, 0.5) is 11.6 Å². The van der Waals surface area contributed by atoms with Crippen LogP contribution in [0.2, 0.25) is 0 Å². The fraction of sp³-hybridized carbons (Fsp3) is 0.615. The van der Waals surface area contributed by atoms with Gasteiger partial charge in [0.2, 0.25) is 0 Å². The molecule has 1 aromatic rings. The number of hydrogen-bond acceptors (Lipinski definition) is 5. The Hall–Kier alpha value is -1.65. The molecule has 0 atom stereocenters. The number of hydrogen-bond donors (Lipinski definition) is 1. The average Bonchev–Trinajstić information content (AvgIpc) is 2.76. The molecule has 2 rings (SSSR count). The average molecular weight is 248 g/mol. The maximum absolute atomic E-state index is 11.3. The van der Waals surface area contributed by atoms with E-state index in [1.54, 1.807) is 0 Å². The van der Waals surface area contributed by atoms with E-state index in [2.05, 4.69) is 22.2 Å². The van der Waals surface area contributed by atoms with Gasteiger partial charge in [-0.3, -0.25) is 4.79 Å². The topological polar surface area (TPSA) is 58.1 Å². The number of aryl methyl sites for hydroxylation is 1. The largest absolute Gasteiger partial charge is 0.370 e. The molecule has 1 aliphatic rings. The lowest BCUT2D eigenvalue weighted by atomic mass is 10.3. The predicted octanol–water partition coefficient (Wildman–Crippen LogP) is 1.78. The van der Waals surface area contributed by atoms with Gasteiger partial charge in [-0.05, 0) is 13.3 Å². The van der Waals surface area contributed by atoms with E-state index in [-0.39, 0.29) is 5.78 Å². The number of nitrogens with zero attached hydrogens (tertiary/aromatic N) is 3. The van der Waals surface area contributed by atoms with Crippen LogP contribution in [0.5, 0.6) is 0 Å². The zero-order valence-electron chi connectivity index (χ0n) is 11.1. The van der Waals surface area contributed by atoms with E-state index in [1.807, 2.05) is 17.9 Å². The molecule has 1 aromatic heterocycles. The minimum Gasteiger partial charge on any atom is -0.370 e. The molecule has 0 saturated carbocycles. The highest BCUT2D eigenvalue weighted by atomic mass is 16.1. The minimum atomic E-state index is 0.284. The monoisotopic (exact) mass is 248 g/mol. The highest BCUT2D eigenvalue weighted by molar-refractivity contribution is 5.86. The number of unbranched alkanes of at least 4 members (excludes halogenated alkanes) is 1. The summed E-state index contributed by atoms with van der Waals surface area (Å²) >= 11 is 0. The molecule has 0 spiro atoms. The standard InChI is InChI=1S/C13H20N4O/c1-3-4-6-14-12-8-13(16-10(2)15-12)17-7-5-11(18)9-17/h8H,3-7,9H2,1-2H3,(H,14,15,16). The fourth-order valence-corrected chi connectivity index (χ4v) is 2.02. The zero-order valence-corrected chi connectivity index (χ0v) is 11.1. The summed E-state index contributed by atoms with van der Waals surface area (Å²) < 4.78 is 0. The van der Waals surface area contributed by atoms with Crippen molar-refractivity contribution in [2.24, 2.45) is 0 Å². The zero-order chi connectivity index (χ0) is 13.0. The first-order valence-electron chi connectivity index (χ1n) is 6.55. The SMILES string of the molecule is CCCCNc1cc(N2CCC(=O)C2)nc(C)n1. The molecule has 0 radical (unpaired) electrons. The van der Waals surface area contributed by atoms with Crippen molar-refractivity contribution in [3.05, 3.63) is 11.9 Å². The van der Waals surface area contributed by atoms with E-state index < -0.39 is 0 Å². The van der Waals surface area contributed by atoms with Gasteiger partial charge in [-0.1, -0.05) is 13.3 Å². The second-order valence-corrected chi connectivity index (χ2v) is 4.65. The van der Waals surface area contributed by atoms with Crippen molar-refractivity contribution in [1.82, 2.24) is 9.97 Å². The maximum Gasteiger partial charge on any atom is 0.153 e. The van der Waals surface area contributed by atoms with Crippen LogP contribution in [0.25, 0.3) is 0 Å². The van der Waals surface area contributed by atoms with Crippen LogP contribution in [0.15, 0.2) is 6.07 Å². The van der Waals surface area contributed by atoms with Crippen molar-refractivity contribution in [1.29, 1.82) is 0 Å². The van der Waals surface area contributed by atoms with Gasteiger partial charge < -0.3 is 10.2 Å². The van der Waals surface area contributed by atoms with Crippen LogP contribution >= 0.6 is 0 Å². The Morgan fingerprint density at radius 2 is 2.28 bits per heavy atom. The fourth-order valence-electron chi connectivity index (χ4n) is 2.02. The van der Waals surface area contributed by atoms with Gasteiger partial charge in [-0.15, -0.1) is 0 Å². The molecule has 5 heteroatoms. The summed E-state index contributed by atoms with van der Waals surface area (Å²) in [4.78, 5) is 22.1. The second kappa shape index (κ2) is 5.80. The van der Waals surface area contributed by atoms with Crippen LogP contribution < -0.4 is 10.2 Å². The Morgan fingerprint density at radius 1 is 1.44 bits per heavy atom. The summed E-state index contributed by atoms with van der Waals surface area (Å²) in [6, 6.07) is 1.93. The number of rotatable bonds is 5. The molecule has 1 aliphatic heterocycles. The molecule has 1 fully saturated rings. The minimum absolute atomic E-state index is 0.284. The van der Waals surface area contributed by atoms with Gasteiger partial charge in [0, 0.05) is 25.6 Å². The van der Waals surface area contributed by atoms with Gasteiger partial charge in [0.15, 0.2) is 5.78 Å². The lowest BCUT2D eigenvalue weighted by Crippen LogP contribution is -2.21. The van der Waals surface area contributed by atoms with Crippen molar-refractivity contribution in [3.8, 4) is 0 Å². The molecule has 0 aromatic carbocycles. The lowest BCUT2D eigenvalue weighted by molar-refractivity contribution is -0.116. The Bertz CT molecular complexity index is 433. The Morgan fingerprint density at radius 3 is 2.94 bits per heavy atom. The molecule has 5 nitrogen and oxygen atoms in total. The van der Waals surface area contributed by atoms with Crippen LogP contribution in [-0.2, 0) is 4.79 Å². The van der Waals surface area contributed by atoms with Crippen LogP contribution in [0, 0.1) is 6.92 Å². The number of Topliss-reactive ketones (excluding diaryl/α,β-unsaturated/α-hetero) is 1. The van der Waals surface area contributed by atoms with Gasteiger partial charge in [0.25, 0.3) is 0 Å². The molecule has 18 heavy (non-hydrogen) atoms. The quantitative estimate of drug-likeness (QED) is 0.805. The number of aromatic nitrogens is 2. The van der Waals surface area contributed by atoms with E-state index in [9.17, 15) is 4.79 Å². The normalized spacial score (nSPS) is 15.2. The third-order valence-electron chi connectivity index (χ3n) is 3.01. The maximum atomic E-state index is 11.3. The predicted molar refractivity (Wildman–Crippen MR) is 72.0 cm³/mol. The Labute approximate surface area is 108 Å².